The molecule has 0 fully saturated rings. The number of hydrogen-bond acceptors (Lipinski definition) is 5. The van der Waals surface area contributed by atoms with Crippen LogP contribution in [-0.4, -0.2) is 14.5 Å². The number of aromatic nitrogens is 3. The first-order valence-corrected chi connectivity index (χ1v) is 6.69. The Morgan fingerprint density at radius 1 is 1.32 bits per heavy atom. The molecule has 96 valence electrons. The van der Waals surface area contributed by atoms with Gasteiger partial charge in [-0.25, -0.2) is 9.97 Å². The first kappa shape index (κ1) is 11.9. The molecule has 3 aromatic rings. The van der Waals surface area contributed by atoms with Crippen molar-refractivity contribution in [1.29, 1.82) is 0 Å². The molecule has 0 atom stereocenters. The summed E-state index contributed by atoms with van der Waals surface area (Å²) >= 11 is 1.37. The van der Waals surface area contributed by atoms with Crippen molar-refractivity contribution in [1.82, 2.24) is 14.5 Å². The zero-order valence-electron chi connectivity index (χ0n) is 10.3. The van der Waals surface area contributed by atoms with E-state index < -0.39 is 0 Å². The second kappa shape index (κ2) is 4.47. The van der Waals surface area contributed by atoms with Crippen molar-refractivity contribution in [3.8, 4) is 0 Å². The highest BCUT2D eigenvalue weighted by molar-refractivity contribution is 7.13. The van der Waals surface area contributed by atoms with E-state index >= 15 is 0 Å². The number of nitrogen functional groups attached to an aromatic ring is 1. The summed E-state index contributed by atoms with van der Waals surface area (Å²) in [4.78, 5) is 20.7. The standard InChI is InChI=1S/C13H12N4OS/c1-8-12(18)17(6-9-7-19-13(14)16-9)11-5-3-2-4-10(11)15-8/h2-5,7H,6H2,1H3,(H2,14,16). The van der Waals surface area contributed by atoms with Gasteiger partial charge in [0.15, 0.2) is 5.13 Å². The van der Waals surface area contributed by atoms with Gasteiger partial charge < -0.3 is 5.73 Å². The summed E-state index contributed by atoms with van der Waals surface area (Å²) in [7, 11) is 0. The summed E-state index contributed by atoms with van der Waals surface area (Å²) < 4.78 is 1.69. The highest BCUT2D eigenvalue weighted by atomic mass is 32.1. The van der Waals surface area contributed by atoms with Crippen molar-refractivity contribution >= 4 is 27.5 Å². The highest BCUT2D eigenvalue weighted by Crippen LogP contribution is 2.15. The number of aryl methyl sites for hydroxylation is 1. The maximum Gasteiger partial charge on any atom is 0.272 e. The van der Waals surface area contributed by atoms with Crippen molar-refractivity contribution in [2.75, 3.05) is 5.73 Å². The first-order chi connectivity index (χ1) is 9.15. The molecule has 2 aromatic heterocycles. The average Bonchev–Trinajstić information content (AvgIpc) is 2.80. The summed E-state index contributed by atoms with van der Waals surface area (Å²) in [5, 5.41) is 2.38. The molecule has 0 bridgehead atoms. The SMILES string of the molecule is Cc1nc2ccccc2n(Cc2csc(N)n2)c1=O. The Balaban J connectivity index is 2.21. The monoisotopic (exact) mass is 272 g/mol. The van der Waals surface area contributed by atoms with E-state index in [0.717, 1.165) is 16.7 Å². The lowest BCUT2D eigenvalue weighted by Crippen LogP contribution is -2.24. The second-order valence-corrected chi connectivity index (χ2v) is 5.14. The number of fused-ring (bicyclic) bond motifs is 1. The average molecular weight is 272 g/mol. The molecule has 0 spiro atoms. The minimum Gasteiger partial charge on any atom is -0.375 e. The number of benzene rings is 1. The fraction of sp³-hybridized carbons (Fsp3) is 0.154. The summed E-state index contributed by atoms with van der Waals surface area (Å²) in [5.41, 5.74) is 8.43. The third-order valence-electron chi connectivity index (χ3n) is 2.90. The Labute approximate surface area is 113 Å². The van der Waals surface area contributed by atoms with Gasteiger partial charge in [-0.1, -0.05) is 12.1 Å². The molecule has 2 N–H and O–H groups in total. The lowest BCUT2D eigenvalue weighted by atomic mass is 10.2. The number of rotatable bonds is 2. The van der Waals surface area contributed by atoms with Crippen LogP contribution in [0, 0.1) is 6.92 Å². The lowest BCUT2D eigenvalue weighted by Gasteiger charge is -2.09. The molecule has 0 saturated carbocycles. The Bertz CT molecular complexity index is 806. The van der Waals surface area contributed by atoms with E-state index in [1.165, 1.54) is 11.3 Å². The minimum atomic E-state index is -0.0923. The van der Waals surface area contributed by atoms with Gasteiger partial charge in [0.2, 0.25) is 0 Å². The molecular weight excluding hydrogens is 260 g/mol. The van der Waals surface area contributed by atoms with Crippen LogP contribution in [0.3, 0.4) is 0 Å². The zero-order valence-corrected chi connectivity index (χ0v) is 11.1. The lowest BCUT2D eigenvalue weighted by molar-refractivity contribution is 0.761. The minimum absolute atomic E-state index is 0.0923. The molecule has 6 heteroatoms. The summed E-state index contributed by atoms with van der Waals surface area (Å²) in [6.45, 7) is 2.14. The molecule has 0 amide bonds. The van der Waals surface area contributed by atoms with E-state index in [2.05, 4.69) is 9.97 Å². The van der Waals surface area contributed by atoms with Crippen LogP contribution >= 0.6 is 11.3 Å². The van der Waals surface area contributed by atoms with Gasteiger partial charge in [-0.15, -0.1) is 11.3 Å². The fourth-order valence-electron chi connectivity index (χ4n) is 2.03. The van der Waals surface area contributed by atoms with Crippen LogP contribution in [0.1, 0.15) is 11.4 Å². The molecule has 0 aliphatic rings. The van der Waals surface area contributed by atoms with Crippen molar-refractivity contribution in [3.05, 3.63) is 51.4 Å². The predicted molar refractivity (Wildman–Crippen MR) is 76.4 cm³/mol. The normalized spacial score (nSPS) is 11.0. The first-order valence-electron chi connectivity index (χ1n) is 5.81. The predicted octanol–water partition coefficient (Wildman–Crippen LogP) is 1.79. The Morgan fingerprint density at radius 2 is 2.11 bits per heavy atom. The van der Waals surface area contributed by atoms with E-state index in [1.807, 2.05) is 29.6 Å². The Kier molecular flexibility index (Phi) is 2.79. The van der Waals surface area contributed by atoms with E-state index in [-0.39, 0.29) is 5.56 Å². The van der Waals surface area contributed by atoms with Crippen LogP contribution in [0.15, 0.2) is 34.4 Å². The third-order valence-corrected chi connectivity index (χ3v) is 3.63. The third kappa shape index (κ3) is 2.10. The van der Waals surface area contributed by atoms with Crippen LogP contribution in [-0.2, 0) is 6.54 Å². The topological polar surface area (TPSA) is 73.8 Å². The molecule has 0 saturated heterocycles. The fourth-order valence-corrected chi connectivity index (χ4v) is 2.59. The van der Waals surface area contributed by atoms with E-state index in [4.69, 9.17) is 5.73 Å². The second-order valence-electron chi connectivity index (χ2n) is 4.25. The van der Waals surface area contributed by atoms with Gasteiger partial charge in [0, 0.05) is 5.38 Å². The van der Waals surface area contributed by atoms with Crippen molar-refractivity contribution in [2.45, 2.75) is 13.5 Å². The van der Waals surface area contributed by atoms with Crippen LogP contribution < -0.4 is 11.3 Å². The van der Waals surface area contributed by atoms with Crippen LogP contribution in [0.5, 0.6) is 0 Å². The number of thiazole rings is 1. The molecule has 0 unspecified atom stereocenters. The summed E-state index contributed by atoms with van der Waals surface area (Å²) in [5.74, 6) is 0. The molecule has 19 heavy (non-hydrogen) atoms. The summed E-state index contributed by atoms with van der Waals surface area (Å²) in [6.07, 6.45) is 0. The molecule has 0 aliphatic heterocycles. The van der Waals surface area contributed by atoms with E-state index in [0.29, 0.717) is 17.4 Å². The van der Waals surface area contributed by atoms with Gasteiger partial charge in [0.1, 0.15) is 5.69 Å². The molecule has 1 aromatic carbocycles. The quantitative estimate of drug-likeness (QED) is 0.772. The van der Waals surface area contributed by atoms with Crippen LogP contribution in [0.4, 0.5) is 5.13 Å². The van der Waals surface area contributed by atoms with Gasteiger partial charge >= 0.3 is 0 Å². The molecular formula is C13H12N4OS. The number of nitrogens with two attached hydrogens (primary N) is 1. The van der Waals surface area contributed by atoms with Crippen molar-refractivity contribution < 1.29 is 0 Å². The molecule has 0 aliphatic carbocycles. The Morgan fingerprint density at radius 3 is 2.84 bits per heavy atom. The highest BCUT2D eigenvalue weighted by Gasteiger charge is 2.09. The molecule has 0 radical (unpaired) electrons. The van der Waals surface area contributed by atoms with Crippen molar-refractivity contribution in [2.24, 2.45) is 0 Å². The van der Waals surface area contributed by atoms with Crippen LogP contribution in [0.25, 0.3) is 11.0 Å². The van der Waals surface area contributed by atoms with Crippen molar-refractivity contribution in [3.63, 3.8) is 0 Å². The number of anilines is 1. The number of para-hydroxylation sites is 2. The zero-order chi connectivity index (χ0) is 13.4. The van der Waals surface area contributed by atoms with Gasteiger partial charge in [0.05, 0.1) is 23.3 Å². The summed E-state index contributed by atoms with van der Waals surface area (Å²) in [6, 6.07) is 7.59. The molecule has 5 nitrogen and oxygen atoms in total. The van der Waals surface area contributed by atoms with E-state index in [1.54, 1.807) is 11.5 Å². The van der Waals surface area contributed by atoms with Gasteiger partial charge in [-0.05, 0) is 19.1 Å². The van der Waals surface area contributed by atoms with Gasteiger partial charge in [-0.3, -0.25) is 9.36 Å². The van der Waals surface area contributed by atoms with Crippen LogP contribution in [0.2, 0.25) is 0 Å². The largest absolute Gasteiger partial charge is 0.375 e. The number of nitrogens with zero attached hydrogens (tertiary/aromatic N) is 3. The maximum absolute atomic E-state index is 12.2. The number of hydrogen-bond donors (Lipinski definition) is 1. The smallest absolute Gasteiger partial charge is 0.272 e. The van der Waals surface area contributed by atoms with Gasteiger partial charge in [-0.2, -0.15) is 0 Å². The molecule has 2 heterocycles. The van der Waals surface area contributed by atoms with E-state index in [9.17, 15) is 4.79 Å². The maximum atomic E-state index is 12.2. The molecule has 3 rings (SSSR count). The Hall–Kier alpha value is -2.21. The van der Waals surface area contributed by atoms with Gasteiger partial charge in [0.25, 0.3) is 5.56 Å².